The molecule has 0 saturated heterocycles. The molecule has 1 unspecified atom stereocenters. The number of nitrogens with zero attached hydrogens (tertiary/aromatic N) is 1. The molecule has 0 spiro atoms. The molecule has 1 atom stereocenters. The number of aliphatic hydroxyl groups excluding tert-OH is 1. The highest BCUT2D eigenvalue weighted by Crippen LogP contribution is 2.50. The van der Waals surface area contributed by atoms with Gasteiger partial charge in [0.1, 0.15) is 0 Å². The molecule has 18 heavy (non-hydrogen) atoms. The summed E-state index contributed by atoms with van der Waals surface area (Å²) >= 11 is 0. The van der Waals surface area contributed by atoms with Crippen LogP contribution in [0.15, 0.2) is 24.5 Å². The monoisotopic (exact) mass is 248 g/mol. The van der Waals surface area contributed by atoms with Crippen LogP contribution >= 0.6 is 0 Å². The Balaban J connectivity index is 2.19. The van der Waals surface area contributed by atoms with Crippen LogP contribution in [-0.2, 0) is 0 Å². The fraction of sp³-hybridized carbons (Fsp3) is 0.667. The van der Waals surface area contributed by atoms with Crippen LogP contribution in [0.25, 0.3) is 0 Å². The van der Waals surface area contributed by atoms with Gasteiger partial charge in [-0.05, 0) is 48.8 Å². The molecule has 0 amide bonds. The van der Waals surface area contributed by atoms with Crippen LogP contribution in [0.2, 0.25) is 0 Å². The second-order valence-electron chi connectivity index (χ2n) is 6.41. The second kappa shape index (κ2) is 4.98. The van der Waals surface area contributed by atoms with E-state index < -0.39 is 6.10 Å². The first-order valence-corrected chi connectivity index (χ1v) is 6.77. The van der Waals surface area contributed by atoms with Crippen molar-refractivity contribution in [3.8, 4) is 0 Å². The summed E-state index contributed by atoms with van der Waals surface area (Å²) in [7, 11) is 0. The highest BCUT2D eigenvalue weighted by atomic mass is 16.3. The van der Waals surface area contributed by atoms with Gasteiger partial charge in [-0.2, -0.15) is 0 Å². The Morgan fingerprint density at radius 2 is 1.78 bits per heavy atom. The minimum Gasteiger partial charge on any atom is -0.388 e. The van der Waals surface area contributed by atoms with Gasteiger partial charge < -0.3 is 10.8 Å². The maximum absolute atomic E-state index is 10.7. The van der Waals surface area contributed by atoms with E-state index in [0.717, 1.165) is 31.2 Å². The van der Waals surface area contributed by atoms with Crippen LogP contribution in [0, 0.1) is 10.8 Å². The van der Waals surface area contributed by atoms with E-state index in [9.17, 15) is 5.11 Å². The van der Waals surface area contributed by atoms with Crippen LogP contribution in [0.3, 0.4) is 0 Å². The average molecular weight is 248 g/mol. The maximum atomic E-state index is 10.7. The molecule has 0 bridgehead atoms. The molecule has 100 valence electrons. The van der Waals surface area contributed by atoms with E-state index in [1.54, 1.807) is 12.4 Å². The molecule has 3 N–H and O–H groups in total. The van der Waals surface area contributed by atoms with Gasteiger partial charge in [-0.25, -0.2) is 0 Å². The van der Waals surface area contributed by atoms with E-state index in [1.165, 1.54) is 0 Å². The first-order valence-electron chi connectivity index (χ1n) is 6.77. The molecule has 0 aliphatic heterocycles. The van der Waals surface area contributed by atoms with Gasteiger partial charge in [0.25, 0.3) is 0 Å². The summed E-state index contributed by atoms with van der Waals surface area (Å²) in [5.41, 5.74) is 7.16. The van der Waals surface area contributed by atoms with Crippen LogP contribution in [0.4, 0.5) is 0 Å². The van der Waals surface area contributed by atoms with Crippen molar-refractivity contribution in [2.75, 3.05) is 6.54 Å². The minimum atomic E-state index is -0.471. The van der Waals surface area contributed by atoms with Crippen LogP contribution in [0.5, 0.6) is 0 Å². The number of hydrogen-bond donors (Lipinski definition) is 2. The molecule has 2 rings (SSSR count). The Bertz CT molecular complexity index is 379. The van der Waals surface area contributed by atoms with Crippen LogP contribution in [-0.4, -0.2) is 16.6 Å². The van der Waals surface area contributed by atoms with Crippen LogP contribution < -0.4 is 5.73 Å². The summed E-state index contributed by atoms with van der Waals surface area (Å²) < 4.78 is 0. The van der Waals surface area contributed by atoms with Crippen molar-refractivity contribution in [2.24, 2.45) is 16.6 Å². The van der Waals surface area contributed by atoms with Crippen molar-refractivity contribution in [3.05, 3.63) is 30.1 Å². The molecule has 0 aromatic carbocycles. The van der Waals surface area contributed by atoms with Gasteiger partial charge in [-0.3, -0.25) is 4.98 Å². The van der Waals surface area contributed by atoms with Crippen molar-refractivity contribution >= 4 is 0 Å². The number of aliphatic hydroxyl groups is 1. The number of aromatic nitrogens is 1. The lowest BCUT2D eigenvalue weighted by atomic mass is 9.62. The second-order valence-corrected chi connectivity index (χ2v) is 6.41. The van der Waals surface area contributed by atoms with Gasteiger partial charge in [0.05, 0.1) is 6.10 Å². The fourth-order valence-electron chi connectivity index (χ4n) is 2.91. The molecule has 3 heteroatoms. The van der Waals surface area contributed by atoms with E-state index in [-0.39, 0.29) is 5.41 Å². The first-order chi connectivity index (χ1) is 8.49. The summed E-state index contributed by atoms with van der Waals surface area (Å²) in [5.74, 6) is 0. The predicted molar refractivity (Wildman–Crippen MR) is 72.9 cm³/mol. The third kappa shape index (κ3) is 2.57. The van der Waals surface area contributed by atoms with Crippen LogP contribution in [0.1, 0.15) is 51.2 Å². The minimum absolute atomic E-state index is 0.156. The highest BCUT2D eigenvalue weighted by molar-refractivity contribution is 5.17. The summed E-state index contributed by atoms with van der Waals surface area (Å²) in [6.07, 6.45) is 7.26. The zero-order chi connectivity index (χ0) is 13.2. The first kappa shape index (κ1) is 13.5. The Morgan fingerprint density at radius 1 is 1.22 bits per heavy atom. The number of hydrogen-bond acceptors (Lipinski definition) is 3. The smallest absolute Gasteiger partial charge is 0.0859 e. The number of rotatable bonds is 3. The molecule has 1 aliphatic carbocycles. The van der Waals surface area contributed by atoms with Crippen molar-refractivity contribution in [3.63, 3.8) is 0 Å². The number of pyridine rings is 1. The van der Waals surface area contributed by atoms with Gasteiger partial charge >= 0.3 is 0 Å². The maximum Gasteiger partial charge on any atom is 0.0859 e. The van der Waals surface area contributed by atoms with Gasteiger partial charge in [0, 0.05) is 24.4 Å². The molecular formula is C15H24N2O. The topological polar surface area (TPSA) is 59.1 Å². The molecule has 1 saturated carbocycles. The largest absolute Gasteiger partial charge is 0.388 e. The summed E-state index contributed by atoms with van der Waals surface area (Å²) in [4.78, 5) is 4.00. The van der Waals surface area contributed by atoms with Gasteiger partial charge in [-0.1, -0.05) is 13.8 Å². The lowest BCUT2D eigenvalue weighted by Gasteiger charge is -2.45. The van der Waals surface area contributed by atoms with E-state index >= 15 is 0 Å². The highest BCUT2D eigenvalue weighted by Gasteiger charge is 2.42. The van der Waals surface area contributed by atoms with Gasteiger partial charge in [0.15, 0.2) is 0 Å². The van der Waals surface area contributed by atoms with Crippen molar-refractivity contribution in [1.29, 1.82) is 0 Å². The normalized spacial score (nSPS) is 23.6. The molecule has 1 aromatic heterocycles. The molecule has 1 fully saturated rings. The van der Waals surface area contributed by atoms with Crippen molar-refractivity contribution in [2.45, 2.75) is 45.6 Å². The average Bonchev–Trinajstić information content (AvgIpc) is 2.40. The molecule has 3 nitrogen and oxygen atoms in total. The standard InChI is InChI=1S/C15H24N2O/c1-14(2)5-7-15(11-16,8-6-14)13(18)12-3-9-17-10-4-12/h3-4,9-10,13,18H,5-8,11,16H2,1-2H3. The molecule has 1 aliphatic rings. The summed E-state index contributed by atoms with van der Waals surface area (Å²) in [6.45, 7) is 5.14. The summed E-state index contributed by atoms with van der Waals surface area (Å²) in [5, 5.41) is 10.7. The Morgan fingerprint density at radius 3 is 2.28 bits per heavy atom. The zero-order valence-electron chi connectivity index (χ0n) is 11.4. The third-order valence-corrected chi connectivity index (χ3v) is 4.61. The predicted octanol–water partition coefficient (Wildman–Crippen LogP) is 2.66. The lowest BCUT2D eigenvalue weighted by Crippen LogP contribution is -2.41. The van der Waals surface area contributed by atoms with Gasteiger partial charge in [0.2, 0.25) is 0 Å². The zero-order valence-corrected chi connectivity index (χ0v) is 11.4. The Hall–Kier alpha value is -0.930. The van der Waals surface area contributed by atoms with E-state index in [0.29, 0.717) is 12.0 Å². The molecule has 0 radical (unpaired) electrons. The SMILES string of the molecule is CC1(C)CCC(CN)(C(O)c2ccncc2)CC1. The quantitative estimate of drug-likeness (QED) is 0.864. The lowest BCUT2D eigenvalue weighted by molar-refractivity contribution is -0.0236. The number of nitrogens with two attached hydrogens (primary N) is 1. The third-order valence-electron chi connectivity index (χ3n) is 4.61. The molecule has 1 aromatic rings. The van der Waals surface area contributed by atoms with E-state index in [1.807, 2.05) is 12.1 Å². The van der Waals surface area contributed by atoms with Crippen molar-refractivity contribution < 1.29 is 5.11 Å². The Labute approximate surface area is 109 Å². The molecule has 1 heterocycles. The molecular weight excluding hydrogens is 224 g/mol. The van der Waals surface area contributed by atoms with Gasteiger partial charge in [-0.15, -0.1) is 0 Å². The van der Waals surface area contributed by atoms with E-state index in [2.05, 4.69) is 18.8 Å². The van der Waals surface area contributed by atoms with E-state index in [4.69, 9.17) is 5.73 Å². The fourth-order valence-corrected chi connectivity index (χ4v) is 2.91. The Kier molecular flexibility index (Phi) is 3.74. The summed E-state index contributed by atoms with van der Waals surface area (Å²) in [6, 6.07) is 3.78. The van der Waals surface area contributed by atoms with Crippen molar-refractivity contribution in [1.82, 2.24) is 4.98 Å².